The third kappa shape index (κ3) is 4.07. The minimum atomic E-state index is -2.66. The number of hydrogen-bond donors (Lipinski definition) is 3. The molecule has 3 N–H and O–H groups in total. The second-order valence-electron chi connectivity index (χ2n) is 8.55. The molecule has 0 bridgehead atoms. The Kier molecular flexibility index (Phi) is 4.25. The zero-order valence-corrected chi connectivity index (χ0v) is 19.1. The summed E-state index contributed by atoms with van der Waals surface area (Å²) in [7, 11) is -2.66. The van der Waals surface area contributed by atoms with Crippen LogP contribution < -0.4 is 15.0 Å². The van der Waals surface area contributed by atoms with E-state index in [0.717, 1.165) is 0 Å². The van der Waals surface area contributed by atoms with E-state index in [4.69, 9.17) is 29.3 Å². The van der Waals surface area contributed by atoms with Gasteiger partial charge in [-0.15, -0.1) is 0 Å². The summed E-state index contributed by atoms with van der Waals surface area (Å²) in [5.74, 6) is 1.13. The lowest BCUT2D eigenvalue weighted by Crippen LogP contribution is -2.52. The van der Waals surface area contributed by atoms with Gasteiger partial charge in [-0.3, -0.25) is 0 Å². The number of halogens is 1. The van der Waals surface area contributed by atoms with Gasteiger partial charge in [0.2, 0.25) is 0 Å². The predicted molar refractivity (Wildman–Crippen MR) is 135 cm³/mol. The fourth-order valence-corrected chi connectivity index (χ4v) is 4.53. The first kappa shape index (κ1) is 16.4. The third-order valence-electron chi connectivity index (χ3n) is 5.87. The molecule has 0 aliphatic carbocycles. The number of nitrogens with one attached hydrogen (secondary N) is 2. The molecule has 2 aromatic heterocycles. The number of rotatable bonds is 6. The summed E-state index contributed by atoms with van der Waals surface area (Å²) in [6.07, 6.45) is 1.80. The maximum atomic E-state index is 11.5. The molecule has 1 aliphatic rings. The van der Waals surface area contributed by atoms with Crippen LogP contribution in [0.25, 0.3) is 11.0 Å². The number of nitrogens with zero attached hydrogens (tertiary/aromatic N) is 2. The number of aliphatic hydroxyl groups is 1. The van der Waals surface area contributed by atoms with Crippen molar-refractivity contribution in [3.05, 3.63) is 77.1 Å². The summed E-state index contributed by atoms with van der Waals surface area (Å²) in [5.41, 5.74) is 0.753. The smallest absolute Gasteiger partial charge is 0.139 e. The summed E-state index contributed by atoms with van der Waals surface area (Å²) >= 11 is 6.58. The molecule has 0 spiro atoms. The van der Waals surface area contributed by atoms with Crippen molar-refractivity contribution in [3.63, 3.8) is 0 Å². The Morgan fingerprint density at radius 1 is 1.24 bits per heavy atom. The summed E-state index contributed by atoms with van der Waals surface area (Å²) < 4.78 is 57.6. The van der Waals surface area contributed by atoms with Gasteiger partial charge in [-0.05, 0) is 31.2 Å². The number of likely N-dealkylation sites (N-methyl/N-ethyl adjacent to an activating group) is 1. The monoisotopic (exact) mass is 484 g/mol. The van der Waals surface area contributed by atoms with Crippen LogP contribution in [0.3, 0.4) is 0 Å². The van der Waals surface area contributed by atoms with Crippen LogP contribution in [0.1, 0.15) is 32.4 Å². The van der Waals surface area contributed by atoms with Gasteiger partial charge in [-0.25, -0.2) is 4.98 Å². The van der Waals surface area contributed by atoms with Gasteiger partial charge >= 0.3 is 0 Å². The molecular formula is C26H27ClN4O3. The predicted octanol–water partition coefficient (Wildman–Crippen LogP) is 5.36. The van der Waals surface area contributed by atoms with Gasteiger partial charge < -0.3 is 29.8 Å². The van der Waals surface area contributed by atoms with Gasteiger partial charge in [0.15, 0.2) is 0 Å². The molecule has 3 heterocycles. The Morgan fingerprint density at radius 3 is 2.85 bits per heavy atom. The van der Waals surface area contributed by atoms with E-state index in [2.05, 4.69) is 15.3 Å². The van der Waals surface area contributed by atoms with Crippen LogP contribution in [-0.2, 0) is 4.74 Å². The van der Waals surface area contributed by atoms with Crippen molar-refractivity contribution in [1.82, 2.24) is 9.97 Å². The number of aromatic nitrogens is 2. The number of pyridine rings is 1. The zero-order chi connectivity index (χ0) is 28.9. The Balaban J connectivity index is 1.55. The molecular weight excluding hydrogens is 452 g/mol. The molecule has 176 valence electrons. The van der Waals surface area contributed by atoms with E-state index in [0.29, 0.717) is 39.3 Å². The number of H-pyrrole nitrogens is 1. The average molecular weight is 485 g/mol. The van der Waals surface area contributed by atoms with Crippen molar-refractivity contribution < 1.29 is 22.8 Å². The number of aromatic amines is 1. The number of anilines is 2. The lowest BCUT2D eigenvalue weighted by atomic mass is 9.95. The van der Waals surface area contributed by atoms with Crippen molar-refractivity contribution in [2.45, 2.75) is 18.6 Å². The van der Waals surface area contributed by atoms with Crippen LogP contribution in [-0.4, -0.2) is 47.8 Å². The van der Waals surface area contributed by atoms with Crippen LogP contribution in [0, 0.1) is 0 Å². The van der Waals surface area contributed by atoms with Crippen LogP contribution in [0.5, 0.6) is 11.5 Å². The summed E-state index contributed by atoms with van der Waals surface area (Å²) in [6, 6.07) is 14.2. The topological polar surface area (TPSA) is 82.6 Å². The first-order valence-corrected chi connectivity index (χ1v) is 11.0. The molecule has 0 radical (unpaired) electrons. The van der Waals surface area contributed by atoms with Gasteiger partial charge in [0.1, 0.15) is 23.3 Å². The van der Waals surface area contributed by atoms with Crippen LogP contribution in [0.4, 0.5) is 11.4 Å². The van der Waals surface area contributed by atoms with Gasteiger partial charge in [0.25, 0.3) is 0 Å². The van der Waals surface area contributed by atoms with E-state index in [9.17, 15) is 5.11 Å². The fourth-order valence-electron chi connectivity index (χ4n) is 4.26. The molecule has 34 heavy (non-hydrogen) atoms. The maximum Gasteiger partial charge on any atom is 0.139 e. The van der Waals surface area contributed by atoms with Crippen molar-refractivity contribution in [2.75, 3.05) is 37.4 Å². The second kappa shape index (κ2) is 8.83. The molecule has 7 nitrogen and oxygen atoms in total. The number of ether oxygens (including phenoxy) is 2. The average Bonchev–Trinajstić information content (AvgIpc) is 3.31. The highest BCUT2D eigenvalue weighted by Crippen LogP contribution is 2.43. The molecule has 0 saturated heterocycles. The molecule has 2 aromatic carbocycles. The van der Waals surface area contributed by atoms with Gasteiger partial charge in [-0.1, -0.05) is 35.9 Å². The van der Waals surface area contributed by atoms with E-state index in [1.54, 1.807) is 31.3 Å². The number of benzene rings is 2. The quantitative estimate of drug-likeness (QED) is 0.342. The van der Waals surface area contributed by atoms with Crippen LogP contribution in [0.15, 0.2) is 60.9 Å². The van der Waals surface area contributed by atoms with Gasteiger partial charge in [0.05, 0.1) is 44.2 Å². The standard InChI is InChI=1S/C26H27ClN4O3/c1-26(15-33-3)14-31(2)21-13-29-25-22(23(21)30-26)19(12-28-25)24(32)18-10-9-17(11-20(18)27)34-16-7-5-4-6-8-16/h4-13,24,30,32H,14-15H2,1-3H3,(H,28,29)/t24?,26-/m0/s1/i2D3,3D3. The number of hydrogen-bond acceptors (Lipinski definition) is 6. The maximum absolute atomic E-state index is 11.5. The van der Waals surface area contributed by atoms with E-state index in [-0.39, 0.29) is 23.9 Å². The SMILES string of the molecule is [2H]C([2H])([2H])OC[C@]1(C)CN(C([2H])([2H])[2H])c2cnc3[nH]cc(C(O)c4ccc(Oc5ccccc5)cc4Cl)c3c2N1. The van der Waals surface area contributed by atoms with Crippen LogP contribution in [0.2, 0.25) is 5.02 Å². The van der Waals surface area contributed by atoms with Crippen molar-refractivity contribution >= 4 is 34.0 Å². The molecule has 8 heteroatoms. The number of para-hydroxylation sites is 1. The van der Waals surface area contributed by atoms with E-state index >= 15 is 0 Å². The molecule has 2 atom stereocenters. The Morgan fingerprint density at radius 2 is 2.09 bits per heavy atom. The molecule has 0 amide bonds. The van der Waals surface area contributed by atoms with Gasteiger partial charge in [-0.2, -0.15) is 0 Å². The van der Waals surface area contributed by atoms with E-state index in [1.807, 2.05) is 30.3 Å². The summed E-state index contributed by atoms with van der Waals surface area (Å²) in [4.78, 5) is 8.61. The number of methoxy groups -OCH3 is 1. The normalized spacial score (nSPS) is 21.8. The van der Waals surface area contributed by atoms with E-state index < -0.39 is 25.7 Å². The minimum absolute atomic E-state index is 0.0726. The minimum Gasteiger partial charge on any atom is -0.457 e. The van der Waals surface area contributed by atoms with Crippen molar-refractivity contribution in [3.8, 4) is 11.5 Å². The van der Waals surface area contributed by atoms with E-state index in [1.165, 1.54) is 11.1 Å². The number of aliphatic hydroxyl groups excluding tert-OH is 1. The Hall–Kier alpha value is -3.26. The van der Waals surface area contributed by atoms with Crippen molar-refractivity contribution in [1.29, 1.82) is 0 Å². The molecule has 0 saturated carbocycles. The lowest BCUT2D eigenvalue weighted by Gasteiger charge is -2.42. The second-order valence-corrected chi connectivity index (χ2v) is 8.95. The lowest BCUT2D eigenvalue weighted by molar-refractivity contribution is 0.152. The third-order valence-corrected chi connectivity index (χ3v) is 6.19. The van der Waals surface area contributed by atoms with Crippen molar-refractivity contribution in [2.24, 2.45) is 0 Å². The Labute approximate surface area is 211 Å². The van der Waals surface area contributed by atoms with Gasteiger partial charge in [0, 0.05) is 42.0 Å². The highest BCUT2D eigenvalue weighted by Gasteiger charge is 2.35. The molecule has 1 aliphatic heterocycles. The first-order chi connectivity index (χ1) is 18.7. The molecule has 1 unspecified atom stereocenters. The molecule has 4 aromatic rings. The molecule has 0 fully saturated rings. The summed E-state index contributed by atoms with van der Waals surface area (Å²) in [6.45, 7) is -1.24. The Bertz CT molecular complexity index is 1530. The summed E-state index contributed by atoms with van der Waals surface area (Å²) in [5, 5.41) is 15.5. The number of fused-ring (bicyclic) bond motifs is 3. The first-order valence-electron chi connectivity index (χ1n) is 13.6. The van der Waals surface area contributed by atoms with Crippen LogP contribution >= 0.6 is 11.6 Å². The highest BCUT2D eigenvalue weighted by molar-refractivity contribution is 6.31. The largest absolute Gasteiger partial charge is 0.457 e. The zero-order valence-electron chi connectivity index (χ0n) is 24.3. The molecule has 5 rings (SSSR count). The fraction of sp³-hybridized carbons (Fsp3) is 0.269. The highest BCUT2D eigenvalue weighted by atomic mass is 35.5.